The lowest BCUT2D eigenvalue weighted by Crippen LogP contribution is -2.58. The number of aromatic amines is 1. The largest absolute Gasteiger partial charge is 0.481 e. The minimum absolute atomic E-state index is 0.145. The second-order valence-corrected chi connectivity index (χ2v) is 8.89. The normalized spacial score (nSPS) is 13.8. The molecule has 216 valence electrons. The Kier molecular flexibility index (Phi) is 11.1. The fourth-order valence-corrected chi connectivity index (χ4v) is 3.75. The molecular formula is C24H30N6O10. The number of aromatic nitrogens is 1. The number of rotatable bonds is 16. The van der Waals surface area contributed by atoms with Crippen LogP contribution in [0.5, 0.6) is 0 Å². The summed E-state index contributed by atoms with van der Waals surface area (Å²) in [5.74, 6) is -8.47. The third-order valence-corrected chi connectivity index (χ3v) is 5.77. The van der Waals surface area contributed by atoms with Crippen LogP contribution >= 0.6 is 0 Å². The molecule has 16 nitrogen and oxygen atoms in total. The molecular weight excluding hydrogens is 532 g/mol. The highest BCUT2D eigenvalue weighted by Gasteiger charge is 2.32. The summed E-state index contributed by atoms with van der Waals surface area (Å²) in [5, 5.41) is 34.6. The van der Waals surface area contributed by atoms with Gasteiger partial charge in [-0.15, -0.1) is 0 Å². The van der Waals surface area contributed by atoms with Crippen LogP contribution in [0.4, 0.5) is 0 Å². The van der Waals surface area contributed by atoms with E-state index < -0.39 is 85.0 Å². The van der Waals surface area contributed by atoms with E-state index in [-0.39, 0.29) is 12.8 Å². The van der Waals surface area contributed by atoms with E-state index in [0.717, 1.165) is 5.52 Å². The number of fused-ring (bicyclic) bond motifs is 1. The molecule has 11 N–H and O–H groups in total. The summed E-state index contributed by atoms with van der Waals surface area (Å²) in [6.45, 7) is 0. The topological polar surface area (TPSA) is 284 Å². The zero-order valence-electron chi connectivity index (χ0n) is 21.1. The molecule has 0 saturated heterocycles. The smallest absolute Gasteiger partial charge is 0.326 e. The van der Waals surface area contributed by atoms with Gasteiger partial charge in [0, 0.05) is 29.9 Å². The predicted molar refractivity (Wildman–Crippen MR) is 136 cm³/mol. The van der Waals surface area contributed by atoms with Crippen molar-refractivity contribution in [1.82, 2.24) is 20.9 Å². The van der Waals surface area contributed by atoms with E-state index in [1.54, 1.807) is 30.5 Å². The van der Waals surface area contributed by atoms with E-state index in [2.05, 4.69) is 15.6 Å². The molecule has 0 aliphatic rings. The van der Waals surface area contributed by atoms with Crippen LogP contribution in [0.1, 0.15) is 31.2 Å². The monoisotopic (exact) mass is 562 g/mol. The number of hydrogen-bond acceptors (Lipinski definition) is 8. The van der Waals surface area contributed by atoms with Crippen LogP contribution < -0.4 is 27.4 Å². The molecule has 16 heteroatoms. The highest BCUT2D eigenvalue weighted by molar-refractivity contribution is 5.97. The van der Waals surface area contributed by atoms with Gasteiger partial charge >= 0.3 is 17.9 Å². The van der Waals surface area contributed by atoms with Gasteiger partial charge in [-0.3, -0.25) is 28.8 Å². The second-order valence-electron chi connectivity index (χ2n) is 8.89. The summed E-state index contributed by atoms with van der Waals surface area (Å²) in [6.07, 6.45) is -0.958. The number of carboxylic acid groups (broad SMARTS) is 3. The number of H-pyrrole nitrogens is 1. The molecule has 0 spiro atoms. The quantitative estimate of drug-likeness (QED) is 0.106. The zero-order valence-corrected chi connectivity index (χ0v) is 21.1. The standard InChI is InChI=1S/C24H30N6O10/c25-13(5-6-19(32)33)21(36)28-15(7-11-10-27-14-4-2-1-3-12(11)14)22(37)29-16(9-20(34)35)23(38)30-17(24(39)40)8-18(26)31/h1-4,10,13,15-17,27H,5-9,25H2,(H2,26,31)(H,28,36)(H,29,37)(H,30,38)(H,32,33)(H,34,35)(H,39,40). The minimum Gasteiger partial charge on any atom is -0.481 e. The van der Waals surface area contributed by atoms with Crippen LogP contribution in [0.15, 0.2) is 30.5 Å². The Bertz CT molecular complexity index is 1290. The first-order chi connectivity index (χ1) is 18.8. The number of para-hydroxylation sites is 1. The van der Waals surface area contributed by atoms with Crippen molar-refractivity contribution in [2.45, 2.75) is 56.3 Å². The molecule has 1 aromatic heterocycles. The molecule has 4 atom stereocenters. The number of nitrogens with one attached hydrogen (secondary N) is 4. The molecule has 1 aromatic carbocycles. The number of benzene rings is 1. The predicted octanol–water partition coefficient (Wildman–Crippen LogP) is -2.21. The Balaban J connectivity index is 2.31. The third-order valence-electron chi connectivity index (χ3n) is 5.77. The van der Waals surface area contributed by atoms with E-state index in [1.807, 2.05) is 5.32 Å². The fourth-order valence-electron chi connectivity index (χ4n) is 3.75. The van der Waals surface area contributed by atoms with Crippen LogP contribution in [0.3, 0.4) is 0 Å². The van der Waals surface area contributed by atoms with E-state index in [0.29, 0.717) is 10.9 Å². The van der Waals surface area contributed by atoms with Crippen molar-refractivity contribution in [3.05, 3.63) is 36.0 Å². The van der Waals surface area contributed by atoms with E-state index in [9.17, 15) is 43.8 Å². The summed E-state index contributed by atoms with van der Waals surface area (Å²) in [4.78, 5) is 86.5. The average Bonchev–Trinajstić information content (AvgIpc) is 3.28. The molecule has 4 amide bonds. The van der Waals surface area contributed by atoms with Crippen LogP contribution in [0.2, 0.25) is 0 Å². The average molecular weight is 563 g/mol. The Morgan fingerprint density at radius 1 is 0.800 bits per heavy atom. The molecule has 1 heterocycles. The molecule has 4 unspecified atom stereocenters. The number of amides is 4. The van der Waals surface area contributed by atoms with E-state index >= 15 is 0 Å². The number of nitrogens with two attached hydrogens (primary N) is 2. The van der Waals surface area contributed by atoms with Gasteiger partial charge < -0.3 is 47.7 Å². The molecule has 0 aliphatic carbocycles. The maximum absolute atomic E-state index is 13.3. The van der Waals surface area contributed by atoms with Crippen molar-refractivity contribution in [1.29, 1.82) is 0 Å². The molecule has 2 rings (SSSR count). The molecule has 40 heavy (non-hydrogen) atoms. The molecule has 0 fully saturated rings. The molecule has 0 saturated carbocycles. The van der Waals surface area contributed by atoms with Gasteiger partial charge in [0.05, 0.1) is 18.9 Å². The van der Waals surface area contributed by atoms with Gasteiger partial charge in [0.2, 0.25) is 23.6 Å². The summed E-state index contributed by atoms with van der Waals surface area (Å²) in [5.41, 5.74) is 12.1. The summed E-state index contributed by atoms with van der Waals surface area (Å²) in [7, 11) is 0. The Labute approximate surface area is 226 Å². The maximum Gasteiger partial charge on any atom is 0.326 e. The first kappa shape index (κ1) is 31.2. The zero-order chi connectivity index (χ0) is 30.0. The van der Waals surface area contributed by atoms with Crippen molar-refractivity contribution >= 4 is 52.4 Å². The van der Waals surface area contributed by atoms with Crippen LogP contribution in [-0.2, 0) is 40.0 Å². The lowest BCUT2D eigenvalue weighted by atomic mass is 10.0. The van der Waals surface area contributed by atoms with Gasteiger partial charge in [-0.25, -0.2) is 4.79 Å². The SMILES string of the molecule is NC(=O)CC(NC(=O)C(CC(=O)O)NC(=O)C(Cc1c[nH]c2ccccc12)NC(=O)C(N)CCC(=O)O)C(=O)O. The van der Waals surface area contributed by atoms with Crippen LogP contribution in [0, 0.1) is 0 Å². The highest BCUT2D eigenvalue weighted by Crippen LogP contribution is 2.19. The highest BCUT2D eigenvalue weighted by atomic mass is 16.4. The van der Waals surface area contributed by atoms with Crippen molar-refractivity contribution in [3.8, 4) is 0 Å². The number of hydrogen-bond donors (Lipinski definition) is 9. The number of carboxylic acids is 3. The van der Waals surface area contributed by atoms with Gasteiger partial charge in [-0.05, 0) is 18.1 Å². The van der Waals surface area contributed by atoms with Crippen molar-refractivity contribution < 1.29 is 48.9 Å². The van der Waals surface area contributed by atoms with Crippen molar-refractivity contribution in [2.75, 3.05) is 0 Å². The van der Waals surface area contributed by atoms with Gasteiger partial charge in [0.1, 0.15) is 18.1 Å². The molecule has 0 bridgehead atoms. The van der Waals surface area contributed by atoms with Crippen LogP contribution in [-0.4, -0.2) is 86.0 Å². The number of carbonyl (C=O) groups is 7. The maximum atomic E-state index is 13.3. The van der Waals surface area contributed by atoms with Gasteiger partial charge in [0.25, 0.3) is 0 Å². The van der Waals surface area contributed by atoms with Gasteiger partial charge in [0.15, 0.2) is 0 Å². The van der Waals surface area contributed by atoms with Crippen molar-refractivity contribution in [2.24, 2.45) is 11.5 Å². The summed E-state index contributed by atoms with van der Waals surface area (Å²) in [6, 6.07) is 0.746. The Hall–Kier alpha value is -4.99. The van der Waals surface area contributed by atoms with Crippen LogP contribution in [0.25, 0.3) is 10.9 Å². The van der Waals surface area contributed by atoms with Gasteiger partial charge in [-0.1, -0.05) is 18.2 Å². The minimum atomic E-state index is -1.80. The lowest BCUT2D eigenvalue weighted by Gasteiger charge is -2.24. The Morgan fingerprint density at radius 2 is 1.40 bits per heavy atom. The molecule has 2 aromatic rings. The number of aliphatic carboxylic acids is 3. The van der Waals surface area contributed by atoms with Crippen molar-refractivity contribution in [3.63, 3.8) is 0 Å². The fraction of sp³-hybridized carbons (Fsp3) is 0.375. The van der Waals surface area contributed by atoms with Gasteiger partial charge in [-0.2, -0.15) is 0 Å². The first-order valence-electron chi connectivity index (χ1n) is 11.9. The molecule has 0 aliphatic heterocycles. The van der Waals surface area contributed by atoms with E-state index in [1.165, 1.54) is 0 Å². The summed E-state index contributed by atoms with van der Waals surface area (Å²) < 4.78 is 0. The molecule has 0 radical (unpaired) electrons. The third kappa shape index (κ3) is 9.39. The second kappa shape index (κ2) is 14.2. The lowest BCUT2D eigenvalue weighted by molar-refractivity contribution is -0.145. The van der Waals surface area contributed by atoms with E-state index in [4.69, 9.17) is 16.6 Å². The number of primary amides is 1. The Morgan fingerprint density at radius 3 is 2.00 bits per heavy atom. The first-order valence-corrected chi connectivity index (χ1v) is 11.9. The summed E-state index contributed by atoms with van der Waals surface area (Å²) >= 11 is 0. The number of carbonyl (C=O) groups excluding carboxylic acids is 4.